The smallest absolute Gasteiger partial charge is 0.0598 e. The van der Waals surface area contributed by atoms with E-state index in [0.29, 0.717) is 5.92 Å². The van der Waals surface area contributed by atoms with Gasteiger partial charge in [0.1, 0.15) is 0 Å². The second-order valence-electron chi connectivity index (χ2n) is 7.89. The van der Waals surface area contributed by atoms with Crippen molar-refractivity contribution in [2.75, 3.05) is 6.61 Å². The third-order valence-electron chi connectivity index (χ3n) is 3.67. The van der Waals surface area contributed by atoms with E-state index in [1.165, 1.54) is 38.5 Å². The van der Waals surface area contributed by atoms with Crippen molar-refractivity contribution in [3.8, 4) is 0 Å². The van der Waals surface area contributed by atoms with E-state index in [1.54, 1.807) is 0 Å². The molecule has 0 spiro atoms. The molecular formula is C18H38O. The first kappa shape index (κ1) is 19.0. The van der Waals surface area contributed by atoms with Gasteiger partial charge < -0.3 is 4.74 Å². The largest absolute Gasteiger partial charge is 0.376 e. The van der Waals surface area contributed by atoms with Crippen molar-refractivity contribution >= 4 is 0 Å². The minimum atomic E-state index is 0.0123. The summed E-state index contributed by atoms with van der Waals surface area (Å²) in [5.41, 5.74) is 0.0123. The van der Waals surface area contributed by atoms with E-state index in [9.17, 15) is 0 Å². The molecule has 0 saturated heterocycles. The Morgan fingerprint density at radius 1 is 0.737 bits per heavy atom. The van der Waals surface area contributed by atoms with Gasteiger partial charge in [-0.1, -0.05) is 59.8 Å². The summed E-state index contributed by atoms with van der Waals surface area (Å²) >= 11 is 0. The topological polar surface area (TPSA) is 9.23 Å². The van der Waals surface area contributed by atoms with Crippen LogP contribution in [0.4, 0.5) is 0 Å². The molecule has 1 nitrogen and oxygen atoms in total. The standard InChI is InChI=1S/C18H38O/c1-15(2)10-8-11-16(3)12-9-13-17(4)14-19-18(5,6)7/h15-17H,8-14H2,1-7H3/t16?,17-/m1/s1. The molecule has 0 aromatic carbocycles. The first-order valence-corrected chi connectivity index (χ1v) is 8.34. The Labute approximate surface area is 122 Å². The van der Waals surface area contributed by atoms with Crippen LogP contribution in [0.1, 0.15) is 87.0 Å². The monoisotopic (exact) mass is 270 g/mol. The predicted octanol–water partition coefficient (Wildman–Crippen LogP) is 6.07. The molecule has 19 heavy (non-hydrogen) atoms. The van der Waals surface area contributed by atoms with Crippen molar-refractivity contribution in [1.82, 2.24) is 0 Å². The molecule has 0 aromatic heterocycles. The summed E-state index contributed by atoms with van der Waals surface area (Å²) in [6.45, 7) is 16.7. The highest BCUT2D eigenvalue weighted by atomic mass is 16.5. The fourth-order valence-electron chi connectivity index (χ4n) is 2.31. The Bertz CT molecular complexity index is 202. The summed E-state index contributed by atoms with van der Waals surface area (Å²) in [5, 5.41) is 0. The molecule has 0 heterocycles. The third kappa shape index (κ3) is 14.2. The lowest BCUT2D eigenvalue weighted by Crippen LogP contribution is -2.22. The molecular weight excluding hydrogens is 232 g/mol. The molecule has 0 N–H and O–H groups in total. The van der Waals surface area contributed by atoms with Crippen molar-refractivity contribution in [2.45, 2.75) is 92.6 Å². The summed E-state index contributed by atoms with van der Waals surface area (Å²) in [4.78, 5) is 0. The average molecular weight is 271 g/mol. The molecule has 2 atom stereocenters. The molecule has 1 heteroatoms. The summed E-state index contributed by atoms with van der Waals surface area (Å²) in [6.07, 6.45) is 8.26. The molecule has 0 saturated carbocycles. The Morgan fingerprint density at radius 3 is 1.68 bits per heavy atom. The lowest BCUT2D eigenvalue weighted by atomic mass is 9.93. The molecule has 116 valence electrons. The van der Waals surface area contributed by atoms with E-state index in [1.807, 2.05) is 0 Å². The van der Waals surface area contributed by atoms with Crippen LogP contribution >= 0.6 is 0 Å². The maximum atomic E-state index is 5.84. The van der Waals surface area contributed by atoms with Gasteiger partial charge >= 0.3 is 0 Å². The van der Waals surface area contributed by atoms with Gasteiger partial charge in [-0.2, -0.15) is 0 Å². The van der Waals surface area contributed by atoms with E-state index in [2.05, 4.69) is 48.5 Å². The summed E-state index contributed by atoms with van der Waals surface area (Å²) in [6, 6.07) is 0. The lowest BCUT2D eigenvalue weighted by Gasteiger charge is -2.22. The van der Waals surface area contributed by atoms with Gasteiger partial charge in [-0.3, -0.25) is 0 Å². The van der Waals surface area contributed by atoms with Gasteiger partial charge in [0.2, 0.25) is 0 Å². The number of ether oxygens (including phenoxy) is 1. The van der Waals surface area contributed by atoms with Crippen LogP contribution in [0, 0.1) is 17.8 Å². The minimum absolute atomic E-state index is 0.0123. The first-order valence-electron chi connectivity index (χ1n) is 8.34. The zero-order valence-electron chi connectivity index (χ0n) is 14.6. The van der Waals surface area contributed by atoms with Crippen LogP contribution in [-0.2, 0) is 4.74 Å². The molecule has 0 amide bonds. The quantitative estimate of drug-likeness (QED) is 0.468. The van der Waals surface area contributed by atoms with Crippen LogP contribution in [0.15, 0.2) is 0 Å². The molecule has 0 aliphatic carbocycles. The highest BCUT2D eigenvalue weighted by Gasteiger charge is 2.12. The SMILES string of the molecule is CC(C)CCCC(C)CCC[C@@H](C)COC(C)(C)C. The number of rotatable bonds is 10. The number of hydrogen-bond acceptors (Lipinski definition) is 1. The van der Waals surface area contributed by atoms with E-state index >= 15 is 0 Å². The maximum Gasteiger partial charge on any atom is 0.0598 e. The number of hydrogen-bond donors (Lipinski definition) is 0. The third-order valence-corrected chi connectivity index (χ3v) is 3.67. The van der Waals surface area contributed by atoms with Crippen LogP contribution < -0.4 is 0 Å². The zero-order chi connectivity index (χ0) is 14.9. The molecule has 0 aliphatic heterocycles. The van der Waals surface area contributed by atoms with Crippen molar-refractivity contribution < 1.29 is 4.74 Å². The van der Waals surface area contributed by atoms with Crippen molar-refractivity contribution in [1.29, 1.82) is 0 Å². The molecule has 1 unspecified atom stereocenters. The molecule has 0 aliphatic rings. The fourth-order valence-corrected chi connectivity index (χ4v) is 2.31. The van der Waals surface area contributed by atoms with E-state index in [4.69, 9.17) is 4.74 Å². The van der Waals surface area contributed by atoms with Crippen LogP contribution in [0.25, 0.3) is 0 Å². The Kier molecular flexibility index (Phi) is 9.78. The first-order chi connectivity index (χ1) is 8.70. The fraction of sp³-hybridized carbons (Fsp3) is 1.00. The van der Waals surface area contributed by atoms with E-state index in [-0.39, 0.29) is 5.60 Å². The lowest BCUT2D eigenvalue weighted by molar-refractivity contribution is -0.0210. The van der Waals surface area contributed by atoms with Crippen molar-refractivity contribution in [3.05, 3.63) is 0 Å². The highest BCUT2D eigenvalue weighted by molar-refractivity contribution is 4.62. The van der Waals surface area contributed by atoms with Gasteiger partial charge in [-0.05, 0) is 44.9 Å². The van der Waals surface area contributed by atoms with Gasteiger partial charge in [-0.25, -0.2) is 0 Å². The van der Waals surface area contributed by atoms with Gasteiger partial charge in [0.25, 0.3) is 0 Å². The van der Waals surface area contributed by atoms with Crippen LogP contribution in [0.5, 0.6) is 0 Å². The van der Waals surface area contributed by atoms with Crippen molar-refractivity contribution in [3.63, 3.8) is 0 Å². The summed E-state index contributed by atoms with van der Waals surface area (Å²) < 4.78 is 5.84. The minimum Gasteiger partial charge on any atom is -0.376 e. The Hall–Kier alpha value is -0.0400. The van der Waals surface area contributed by atoms with E-state index < -0.39 is 0 Å². The Balaban J connectivity index is 3.50. The second-order valence-corrected chi connectivity index (χ2v) is 7.89. The van der Waals surface area contributed by atoms with Crippen LogP contribution in [0.3, 0.4) is 0 Å². The average Bonchev–Trinajstić information content (AvgIpc) is 2.25. The molecule has 0 fully saturated rings. The second kappa shape index (κ2) is 9.80. The molecule has 0 bridgehead atoms. The molecule has 0 rings (SSSR count). The van der Waals surface area contributed by atoms with Gasteiger partial charge in [-0.15, -0.1) is 0 Å². The predicted molar refractivity (Wildman–Crippen MR) is 86.6 cm³/mol. The summed E-state index contributed by atoms with van der Waals surface area (Å²) in [5.74, 6) is 2.46. The van der Waals surface area contributed by atoms with Gasteiger partial charge in [0, 0.05) is 6.61 Å². The van der Waals surface area contributed by atoms with Gasteiger partial charge in [0.05, 0.1) is 5.60 Å². The highest BCUT2D eigenvalue weighted by Crippen LogP contribution is 2.20. The van der Waals surface area contributed by atoms with E-state index in [0.717, 1.165) is 18.4 Å². The maximum absolute atomic E-state index is 5.84. The Morgan fingerprint density at radius 2 is 1.21 bits per heavy atom. The van der Waals surface area contributed by atoms with Gasteiger partial charge in [0.15, 0.2) is 0 Å². The van der Waals surface area contributed by atoms with Crippen molar-refractivity contribution in [2.24, 2.45) is 17.8 Å². The normalized spacial score (nSPS) is 15.8. The summed E-state index contributed by atoms with van der Waals surface area (Å²) in [7, 11) is 0. The van der Waals surface area contributed by atoms with Crippen LogP contribution in [-0.4, -0.2) is 12.2 Å². The molecule has 0 radical (unpaired) electrons. The van der Waals surface area contributed by atoms with Crippen LogP contribution in [0.2, 0.25) is 0 Å². The molecule has 0 aromatic rings. The zero-order valence-corrected chi connectivity index (χ0v) is 14.6.